The molecule has 3 aromatic carbocycles. The number of carbonyl (C=O) groups excluding carboxylic acids is 1. The van der Waals surface area contributed by atoms with Gasteiger partial charge in [0.1, 0.15) is 23.4 Å². The van der Waals surface area contributed by atoms with Gasteiger partial charge in [0.05, 0.1) is 24.6 Å². The summed E-state index contributed by atoms with van der Waals surface area (Å²) in [6, 6.07) is 16.8. The molecule has 1 atom stereocenters. The highest BCUT2D eigenvalue weighted by atomic mass is 19.1. The molecule has 0 spiro atoms. The molecule has 0 aliphatic carbocycles. The van der Waals surface area contributed by atoms with E-state index in [-0.39, 0.29) is 35.8 Å². The van der Waals surface area contributed by atoms with Gasteiger partial charge < -0.3 is 30.9 Å². The Morgan fingerprint density at radius 2 is 1.72 bits per heavy atom. The fourth-order valence-electron chi connectivity index (χ4n) is 3.33. The van der Waals surface area contributed by atoms with Crippen LogP contribution in [0.25, 0.3) is 0 Å². The highest BCUT2D eigenvalue weighted by molar-refractivity contribution is 5.98. The standard InChI is InChI=1S/C27H30FN3O5/c1-27(2,3)18-6-4-5-17(13-18)15-35-16-24(31-26(33)34)25(32)30-23-12-11-21(14-22(23)29)36-20-9-7-19(28)8-10-20/h4-14,24,31H,15-16,29H2,1-3H3,(H,30,32)(H,33,34). The number of ether oxygens (including phenoxy) is 2. The third-order valence-corrected chi connectivity index (χ3v) is 5.29. The monoisotopic (exact) mass is 495 g/mol. The summed E-state index contributed by atoms with van der Waals surface area (Å²) < 4.78 is 24.4. The van der Waals surface area contributed by atoms with Crippen LogP contribution in [0.15, 0.2) is 66.7 Å². The Hall–Kier alpha value is -4.11. The van der Waals surface area contributed by atoms with E-state index in [1.54, 1.807) is 6.07 Å². The van der Waals surface area contributed by atoms with Crippen molar-refractivity contribution in [3.8, 4) is 11.5 Å². The first-order valence-corrected chi connectivity index (χ1v) is 11.3. The van der Waals surface area contributed by atoms with E-state index in [0.717, 1.165) is 11.1 Å². The fourth-order valence-corrected chi connectivity index (χ4v) is 3.33. The van der Waals surface area contributed by atoms with Crippen LogP contribution in [-0.2, 0) is 21.6 Å². The lowest BCUT2D eigenvalue weighted by Crippen LogP contribution is -2.46. The largest absolute Gasteiger partial charge is 0.465 e. The molecule has 0 bridgehead atoms. The van der Waals surface area contributed by atoms with Gasteiger partial charge in [0, 0.05) is 6.07 Å². The maximum atomic E-state index is 13.1. The Kier molecular flexibility index (Phi) is 8.50. The van der Waals surface area contributed by atoms with Gasteiger partial charge in [-0.25, -0.2) is 9.18 Å². The van der Waals surface area contributed by atoms with Crippen LogP contribution in [0.2, 0.25) is 0 Å². The lowest BCUT2D eigenvalue weighted by Gasteiger charge is -2.20. The number of hydrogen-bond acceptors (Lipinski definition) is 5. The van der Waals surface area contributed by atoms with Crippen LogP contribution >= 0.6 is 0 Å². The number of carboxylic acid groups (broad SMARTS) is 1. The van der Waals surface area contributed by atoms with E-state index in [1.165, 1.54) is 36.4 Å². The smallest absolute Gasteiger partial charge is 0.405 e. The van der Waals surface area contributed by atoms with Gasteiger partial charge in [0.2, 0.25) is 5.91 Å². The minimum Gasteiger partial charge on any atom is -0.465 e. The zero-order chi connectivity index (χ0) is 26.3. The molecule has 0 aliphatic rings. The second kappa shape index (κ2) is 11.5. The molecule has 0 fully saturated rings. The van der Waals surface area contributed by atoms with E-state index in [9.17, 15) is 19.1 Å². The molecule has 5 N–H and O–H groups in total. The van der Waals surface area contributed by atoms with Crippen LogP contribution in [0.1, 0.15) is 31.9 Å². The number of hydrogen-bond donors (Lipinski definition) is 4. The van der Waals surface area contributed by atoms with Gasteiger partial charge in [-0.3, -0.25) is 4.79 Å². The van der Waals surface area contributed by atoms with Crippen molar-refractivity contribution in [2.24, 2.45) is 0 Å². The average Bonchev–Trinajstić information content (AvgIpc) is 2.81. The van der Waals surface area contributed by atoms with Crippen molar-refractivity contribution < 1.29 is 28.6 Å². The van der Waals surface area contributed by atoms with Crippen molar-refractivity contribution >= 4 is 23.4 Å². The lowest BCUT2D eigenvalue weighted by molar-refractivity contribution is -0.119. The molecule has 190 valence electrons. The van der Waals surface area contributed by atoms with Gasteiger partial charge in [-0.2, -0.15) is 0 Å². The van der Waals surface area contributed by atoms with Crippen LogP contribution in [0.4, 0.5) is 20.6 Å². The van der Waals surface area contributed by atoms with Crippen LogP contribution in [-0.4, -0.2) is 29.8 Å². The number of benzene rings is 3. The summed E-state index contributed by atoms with van der Waals surface area (Å²) in [6.07, 6.45) is -1.36. The molecular formula is C27H30FN3O5. The summed E-state index contributed by atoms with van der Waals surface area (Å²) in [5.74, 6) is -0.201. The van der Waals surface area contributed by atoms with E-state index >= 15 is 0 Å². The molecule has 8 nitrogen and oxygen atoms in total. The van der Waals surface area contributed by atoms with Crippen LogP contribution in [0.5, 0.6) is 11.5 Å². The van der Waals surface area contributed by atoms with Gasteiger partial charge in [-0.05, 0) is 52.9 Å². The molecule has 0 aliphatic heterocycles. The predicted octanol–water partition coefficient (Wildman–Crippen LogP) is 5.29. The van der Waals surface area contributed by atoms with Gasteiger partial charge in [0.25, 0.3) is 0 Å². The van der Waals surface area contributed by atoms with Crippen LogP contribution < -0.4 is 21.1 Å². The third-order valence-electron chi connectivity index (χ3n) is 5.29. The molecule has 0 radical (unpaired) electrons. The summed E-state index contributed by atoms with van der Waals surface area (Å²) in [4.78, 5) is 24.0. The minimum atomic E-state index is -1.36. The van der Waals surface area contributed by atoms with Crippen molar-refractivity contribution in [1.29, 1.82) is 0 Å². The lowest BCUT2D eigenvalue weighted by atomic mass is 9.86. The number of rotatable bonds is 9. The fraction of sp³-hybridized carbons (Fsp3) is 0.259. The third kappa shape index (κ3) is 7.71. The zero-order valence-corrected chi connectivity index (χ0v) is 20.4. The Labute approximate surface area is 209 Å². The van der Waals surface area contributed by atoms with Gasteiger partial charge in [0.15, 0.2) is 0 Å². The van der Waals surface area contributed by atoms with Crippen LogP contribution in [0.3, 0.4) is 0 Å². The number of carbonyl (C=O) groups is 2. The molecule has 0 saturated heterocycles. The highest BCUT2D eigenvalue weighted by Crippen LogP contribution is 2.28. The van der Waals surface area contributed by atoms with E-state index in [1.807, 2.05) is 24.3 Å². The molecule has 3 aromatic rings. The molecule has 36 heavy (non-hydrogen) atoms. The summed E-state index contributed by atoms with van der Waals surface area (Å²) in [6.45, 7) is 6.36. The normalized spacial score (nSPS) is 12.0. The van der Waals surface area contributed by atoms with E-state index in [2.05, 4.69) is 31.4 Å². The molecule has 1 unspecified atom stereocenters. The summed E-state index contributed by atoms with van der Waals surface area (Å²) >= 11 is 0. The van der Waals surface area contributed by atoms with E-state index in [4.69, 9.17) is 15.2 Å². The summed E-state index contributed by atoms with van der Waals surface area (Å²) in [5.41, 5.74) is 8.57. The van der Waals surface area contributed by atoms with Crippen molar-refractivity contribution in [2.45, 2.75) is 38.8 Å². The molecule has 9 heteroatoms. The van der Waals surface area contributed by atoms with Gasteiger partial charge in [-0.1, -0.05) is 45.0 Å². The molecule has 0 aromatic heterocycles. The highest BCUT2D eigenvalue weighted by Gasteiger charge is 2.22. The Morgan fingerprint density at radius 1 is 1.03 bits per heavy atom. The predicted molar refractivity (Wildman–Crippen MR) is 136 cm³/mol. The quantitative estimate of drug-likeness (QED) is 0.299. The van der Waals surface area contributed by atoms with E-state index in [0.29, 0.717) is 11.5 Å². The molecule has 3 rings (SSSR count). The maximum Gasteiger partial charge on any atom is 0.405 e. The maximum absolute atomic E-state index is 13.1. The SMILES string of the molecule is CC(C)(C)c1cccc(COCC(NC(=O)O)C(=O)Nc2ccc(Oc3ccc(F)cc3)cc2N)c1. The first kappa shape index (κ1) is 26.5. The zero-order valence-electron chi connectivity index (χ0n) is 20.4. The number of anilines is 2. The number of halogens is 1. The van der Waals surface area contributed by atoms with Gasteiger partial charge >= 0.3 is 6.09 Å². The van der Waals surface area contributed by atoms with Crippen LogP contribution in [0, 0.1) is 5.82 Å². The Morgan fingerprint density at radius 3 is 2.36 bits per heavy atom. The summed E-state index contributed by atoms with van der Waals surface area (Å²) in [7, 11) is 0. The van der Waals surface area contributed by atoms with Crippen molar-refractivity contribution in [3.63, 3.8) is 0 Å². The Bertz CT molecular complexity index is 1210. The summed E-state index contributed by atoms with van der Waals surface area (Å²) in [5, 5.41) is 14.0. The molecule has 0 heterocycles. The number of nitrogens with two attached hydrogens (primary N) is 1. The first-order valence-electron chi connectivity index (χ1n) is 11.3. The van der Waals surface area contributed by atoms with E-state index < -0.39 is 18.0 Å². The minimum absolute atomic E-state index is 0.0250. The average molecular weight is 496 g/mol. The number of nitrogens with one attached hydrogen (secondary N) is 2. The second-order valence-corrected chi connectivity index (χ2v) is 9.26. The van der Waals surface area contributed by atoms with Crippen molar-refractivity contribution in [2.75, 3.05) is 17.7 Å². The molecule has 0 saturated carbocycles. The molecular weight excluding hydrogens is 465 g/mol. The number of nitrogen functional groups attached to an aromatic ring is 1. The van der Waals surface area contributed by atoms with Gasteiger partial charge in [-0.15, -0.1) is 0 Å². The topological polar surface area (TPSA) is 123 Å². The second-order valence-electron chi connectivity index (χ2n) is 9.26. The number of amides is 2. The molecule has 2 amide bonds. The van der Waals surface area contributed by atoms with Crippen molar-refractivity contribution in [3.05, 3.63) is 83.7 Å². The first-order chi connectivity index (χ1) is 17.0. The Balaban J connectivity index is 1.62. The van der Waals surface area contributed by atoms with Crippen molar-refractivity contribution in [1.82, 2.24) is 5.32 Å².